The van der Waals surface area contributed by atoms with Crippen LogP contribution in [0.25, 0.3) is 0 Å². The zero-order valence-corrected chi connectivity index (χ0v) is 20.4. The van der Waals surface area contributed by atoms with E-state index in [-0.39, 0.29) is 5.91 Å². The Balaban J connectivity index is 1.57. The molecule has 1 amide bonds. The summed E-state index contributed by atoms with van der Waals surface area (Å²) in [6.07, 6.45) is 2.76. The van der Waals surface area contributed by atoms with Gasteiger partial charge in [0.25, 0.3) is 5.91 Å². The van der Waals surface area contributed by atoms with E-state index in [1.54, 1.807) is 30.3 Å². The van der Waals surface area contributed by atoms with Crippen molar-refractivity contribution in [1.29, 1.82) is 5.26 Å². The number of amides is 1. The number of aromatic nitrogens is 2. The lowest BCUT2D eigenvalue weighted by molar-refractivity contribution is 0.102. The molecule has 0 saturated carbocycles. The summed E-state index contributed by atoms with van der Waals surface area (Å²) in [6, 6.07) is 22.7. The van der Waals surface area contributed by atoms with E-state index in [2.05, 4.69) is 32.9 Å². The first-order chi connectivity index (χ1) is 17.5. The number of carbonyl (C=O) groups excluding carboxylic acids is 1. The highest BCUT2D eigenvalue weighted by Gasteiger charge is 2.15. The van der Waals surface area contributed by atoms with Gasteiger partial charge in [-0.2, -0.15) is 5.26 Å². The largest absolute Gasteiger partial charge is 0.456 e. The Morgan fingerprint density at radius 3 is 2.78 bits per heavy atom. The van der Waals surface area contributed by atoms with Gasteiger partial charge in [-0.25, -0.2) is 4.98 Å². The van der Waals surface area contributed by atoms with Crippen molar-refractivity contribution in [2.45, 2.75) is 26.4 Å². The Hall–Kier alpha value is -4.41. The minimum absolute atomic E-state index is 0.217. The zero-order valence-electron chi connectivity index (χ0n) is 20.4. The molecule has 36 heavy (non-hydrogen) atoms. The van der Waals surface area contributed by atoms with Crippen molar-refractivity contribution in [3.8, 4) is 17.6 Å². The van der Waals surface area contributed by atoms with Crippen molar-refractivity contribution >= 4 is 11.6 Å². The molecule has 0 saturated heterocycles. The average molecular weight is 478 g/mol. The standard InChI is InChI=1S/C29H27N5O2/c1-20-31-17-25-12-13-33(2)19-24-6-3-4-9-27(24)32-29(35)22-7-5-8-26(15-22)36-28-14-21(18-34(20)25)10-11-23(28)16-30/h3-11,14-15,17H,12-13,18-19H2,1-2H3,(H,32,35). The highest BCUT2D eigenvalue weighted by Crippen LogP contribution is 2.28. The molecule has 0 atom stereocenters. The van der Waals surface area contributed by atoms with Gasteiger partial charge in [0.1, 0.15) is 23.4 Å². The molecule has 5 rings (SSSR count). The van der Waals surface area contributed by atoms with Crippen LogP contribution >= 0.6 is 0 Å². The van der Waals surface area contributed by atoms with E-state index in [9.17, 15) is 10.1 Å². The maximum Gasteiger partial charge on any atom is 0.255 e. The van der Waals surface area contributed by atoms with Gasteiger partial charge in [0.2, 0.25) is 0 Å². The quantitative estimate of drug-likeness (QED) is 0.379. The number of para-hydroxylation sites is 1. The molecule has 1 aliphatic heterocycles. The molecule has 1 aliphatic rings. The molecular formula is C29H27N5O2. The number of hydrogen-bond donors (Lipinski definition) is 1. The van der Waals surface area contributed by atoms with Crippen molar-refractivity contribution in [1.82, 2.24) is 14.5 Å². The van der Waals surface area contributed by atoms with E-state index in [0.717, 1.165) is 41.3 Å². The Morgan fingerprint density at radius 1 is 1.06 bits per heavy atom. The normalized spacial score (nSPS) is 14.3. The van der Waals surface area contributed by atoms with Gasteiger partial charge >= 0.3 is 0 Å². The van der Waals surface area contributed by atoms with Crippen molar-refractivity contribution < 1.29 is 9.53 Å². The van der Waals surface area contributed by atoms with Gasteiger partial charge in [-0.05, 0) is 61.5 Å². The molecule has 2 heterocycles. The van der Waals surface area contributed by atoms with E-state index < -0.39 is 0 Å². The zero-order chi connectivity index (χ0) is 25.1. The highest BCUT2D eigenvalue weighted by atomic mass is 16.5. The molecule has 7 nitrogen and oxygen atoms in total. The molecule has 0 radical (unpaired) electrons. The highest BCUT2D eigenvalue weighted by molar-refractivity contribution is 6.04. The van der Waals surface area contributed by atoms with Crippen LogP contribution < -0.4 is 10.1 Å². The van der Waals surface area contributed by atoms with Gasteiger partial charge in [0.05, 0.1) is 5.56 Å². The third-order valence-corrected chi connectivity index (χ3v) is 6.42. The van der Waals surface area contributed by atoms with E-state index in [0.29, 0.717) is 35.7 Å². The number of carbonyl (C=O) groups is 1. The molecule has 0 spiro atoms. The summed E-state index contributed by atoms with van der Waals surface area (Å²) in [6.45, 7) is 4.16. The number of rotatable bonds is 0. The van der Waals surface area contributed by atoms with Crippen LogP contribution in [0, 0.1) is 18.3 Å². The van der Waals surface area contributed by atoms with Crippen molar-refractivity contribution in [3.63, 3.8) is 0 Å². The SMILES string of the molecule is Cc1ncc2n1Cc1ccc(C#N)c(c1)Oc1cccc(c1)C(=O)Nc1ccccc1CN(C)CC2. The third-order valence-electron chi connectivity index (χ3n) is 6.42. The van der Waals surface area contributed by atoms with Crippen molar-refractivity contribution in [3.05, 3.63) is 107 Å². The predicted octanol–water partition coefficient (Wildman–Crippen LogP) is 5.14. The molecule has 7 heteroatoms. The van der Waals surface area contributed by atoms with Gasteiger partial charge < -0.3 is 19.5 Å². The average Bonchev–Trinajstić information content (AvgIpc) is 3.22. The van der Waals surface area contributed by atoms with Gasteiger partial charge in [0.15, 0.2) is 0 Å². The van der Waals surface area contributed by atoms with Gasteiger partial charge in [-0.15, -0.1) is 0 Å². The lowest BCUT2D eigenvalue weighted by atomic mass is 10.1. The predicted molar refractivity (Wildman–Crippen MR) is 138 cm³/mol. The van der Waals surface area contributed by atoms with Gasteiger partial charge in [-0.1, -0.05) is 30.3 Å². The van der Waals surface area contributed by atoms with Gasteiger partial charge in [0, 0.05) is 49.2 Å². The first kappa shape index (κ1) is 23.3. The maximum absolute atomic E-state index is 13.1. The van der Waals surface area contributed by atoms with E-state index in [1.165, 1.54) is 0 Å². The molecule has 180 valence electrons. The summed E-state index contributed by atoms with van der Waals surface area (Å²) in [5, 5.41) is 12.7. The first-order valence-corrected chi connectivity index (χ1v) is 11.9. The minimum Gasteiger partial charge on any atom is -0.456 e. The number of nitrogens with zero attached hydrogens (tertiary/aromatic N) is 4. The summed E-state index contributed by atoms with van der Waals surface area (Å²) in [5.41, 5.74) is 4.87. The second-order valence-corrected chi connectivity index (χ2v) is 9.05. The smallest absolute Gasteiger partial charge is 0.255 e. The number of anilines is 1. The third kappa shape index (κ3) is 4.99. The molecular weight excluding hydrogens is 450 g/mol. The molecule has 0 aliphatic carbocycles. The van der Waals surface area contributed by atoms with E-state index >= 15 is 0 Å². The van der Waals surface area contributed by atoms with Crippen LogP contribution in [-0.4, -0.2) is 34.0 Å². The number of aryl methyl sites for hydroxylation is 1. The lowest BCUT2D eigenvalue weighted by Crippen LogP contribution is -2.23. The Labute approximate surface area is 210 Å². The summed E-state index contributed by atoms with van der Waals surface area (Å²) < 4.78 is 8.33. The number of hydrogen-bond acceptors (Lipinski definition) is 5. The number of nitriles is 1. The van der Waals surface area contributed by atoms with Crippen LogP contribution in [-0.2, 0) is 19.5 Å². The Morgan fingerprint density at radius 2 is 1.92 bits per heavy atom. The second-order valence-electron chi connectivity index (χ2n) is 9.05. The number of fused-ring (bicyclic) bond motifs is 6. The fourth-order valence-corrected chi connectivity index (χ4v) is 4.43. The van der Waals surface area contributed by atoms with Gasteiger partial charge in [-0.3, -0.25) is 4.79 Å². The second kappa shape index (κ2) is 10.1. The van der Waals surface area contributed by atoms with Crippen molar-refractivity contribution in [2.24, 2.45) is 0 Å². The van der Waals surface area contributed by atoms with Crippen LogP contribution in [0.1, 0.15) is 38.6 Å². The topological polar surface area (TPSA) is 83.2 Å². The number of nitrogens with one attached hydrogen (secondary N) is 1. The first-order valence-electron chi connectivity index (χ1n) is 11.9. The summed E-state index contributed by atoms with van der Waals surface area (Å²) in [7, 11) is 2.08. The van der Waals surface area contributed by atoms with E-state index in [4.69, 9.17) is 4.74 Å². The lowest BCUT2D eigenvalue weighted by Gasteiger charge is -2.20. The van der Waals surface area contributed by atoms with E-state index in [1.807, 2.05) is 49.5 Å². The molecule has 4 aromatic rings. The molecule has 4 bridgehead atoms. The molecule has 0 unspecified atom stereocenters. The van der Waals surface area contributed by atoms with Crippen molar-refractivity contribution in [2.75, 3.05) is 18.9 Å². The number of imidazole rings is 1. The number of ether oxygens (including phenoxy) is 1. The Kier molecular flexibility index (Phi) is 6.52. The van der Waals surface area contributed by atoms with Crippen LogP contribution in [0.15, 0.2) is 72.9 Å². The number of likely N-dealkylation sites (N-methyl/N-ethyl adjacent to an activating group) is 1. The fraction of sp³-hybridized carbons (Fsp3) is 0.207. The Bertz CT molecular complexity index is 1470. The molecule has 1 aromatic heterocycles. The maximum atomic E-state index is 13.1. The monoisotopic (exact) mass is 477 g/mol. The fourth-order valence-electron chi connectivity index (χ4n) is 4.43. The summed E-state index contributed by atoms with van der Waals surface area (Å²) >= 11 is 0. The van der Waals surface area contributed by atoms with Crippen LogP contribution in [0.2, 0.25) is 0 Å². The summed E-state index contributed by atoms with van der Waals surface area (Å²) in [4.78, 5) is 19.9. The molecule has 3 aromatic carbocycles. The summed E-state index contributed by atoms with van der Waals surface area (Å²) in [5.74, 6) is 1.67. The molecule has 1 N–H and O–H groups in total. The minimum atomic E-state index is -0.217. The van der Waals surface area contributed by atoms with Crippen LogP contribution in [0.4, 0.5) is 5.69 Å². The van der Waals surface area contributed by atoms with Crippen LogP contribution in [0.3, 0.4) is 0 Å². The molecule has 0 fully saturated rings. The number of benzene rings is 3. The van der Waals surface area contributed by atoms with Crippen LogP contribution in [0.5, 0.6) is 11.5 Å².